The Morgan fingerprint density at radius 2 is 1.70 bits per heavy atom. The lowest BCUT2D eigenvalue weighted by atomic mass is 10.0. The molecule has 0 radical (unpaired) electrons. The van der Waals surface area contributed by atoms with Gasteiger partial charge in [-0.1, -0.05) is 63.3 Å². The topological polar surface area (TPSA) is 18.5 Å². The van der Waals surface area contributed by atoms with Crippen molar-refractivity contribution in [2.75, 3.05) is 6.61 Å². The predicted molar refractivity (Wildman–Crippen MR) is 102 cm³/mol. The number of benzene rings is 1. The van der Waals surface area contributed by atoms with Crippen LogP contribution in [0.25, 0.3) is 0 Å². The third-order valence-corrected chi connectivity index (χ3v) is 9.01. The molecule has 0 aliphatic rings. The zero-order valence-corrected chi connectivity index (χ0v) is 16.3. The molecule has 2 atom stereocenters. The molecule has 3 heteroatoms. The van der Waals surface area contributed by atoms with E-state index in [1.54, 1.807) is 6.08 Å². The van der Waals surface area contributed by atoms with Crippen LogP contribution in [0.15, 0.2) is 55.6 Å². The summed E-state index contributed by atoms with van der Waals surface area (Å²) >= 11 is 0. The largest absolute Gasteiger partial charge is 0.411 e. The van der Waals surface area contributed by atoms with Gasteiger partial charge in [-0.05, 0) is 30.1 Å². The van der Waals surface area contributed by atoms with Gasteiger partial charge in [-0.3, -0.25) is 0 Å². The van der Waals surface area contributed by atoms with Crippen LogP contribution in [0.4, 0.5) is 0 Å². The van der Waals surface area contributed by atoms with Gasteiger partial charge in [0.1, 0.15) is 6.10 Å². The molecule has 0 aliphatic heterocycles. The summed E-state index contributed by atoms with van der Waals surface area (Å²) in [7, 11) is -1.89. The first kappa shape index (κ1) is 19.9. The molecule has 0 saturated carbocycles. The molecule has 128 valence electrons. The van der Waals surface area contributed by atoms with E-state index in [4.69, 9.17) is 9.16 Å². The first-order valence-corrected chi connectivity index (χ1v) is 11.2. The van der Waals surface area contributed by atoms with Gasteiger partial charge in [0.2, 0.25) is 0 Å². The number of ether oxygens (including phenoxy) is 1. The smallest absolute Gasteiger partial charge is 0.192 e. The van der Waals surface area contributed by atoms with Crippen LogP contribution in [0.1, 0.15) is 38.9 Å². The quantitative estimate of drug-likeness (QED) is 0.414. The molecule has 0 unspecified atom stereocenters. The minimum Gasteiger partial charge on any atom is -0.411 e. The van der Waals surface area contributed by atoms with Crippen molar-refractivity contribution in [1.29, 1.82) is 0 Å². The number of hydrogen-bond donors (Lipinski definition) is 0. The normalized spacial score (nSPS) is 15.0. The Kier molecular flexibility index (Phi) is 7.45. The van der Waals surface area contributed by atoms with Gasteiger partial charge in [0, 0.05) is 0 Å². The maximum atomic E-state index is 6.66. The van der Waals surface area contributed by atoms with Crippen LogP contribution in [0.2, 0.25) is 18.1 Å². The Morgan fingerprint density at radius 3 is 2.17 bits per heavy atom. The second-order valence-electron chi connectivity index (χ2n) is 7.39. The van der Waals surface area contributed by atoms with Crippen LogP contribution in [0.5, 0.6) is 0 Å². The van der Waals surface area contributed by atoms with E-state index < -0.39 is 8.32 Å². The van der Waals surface area contributed by atoms with Gasteiger partial charge in [0.05, 0.1) is 12.7 Å². The average molecular weight is 333 g/mol. The molecular weight excluding hydrogens is 300 g/mol. The lowest BCUT2D eigenvalue weighted by molar-refractivity contribution is -0.0203. The van der Waals surface area contributed by atoms with Crippen LogP contribution < -0.4 is 0 Å². The first-order chi connectivity index (χ1) is 10.7. The molecule has 0 saturated heterocycles. The van der Waals surface area contributed by atoms with Gasteiger partial charge in [0.25, 0.3) is 0 Å². The minimum atomic E-state index is -1.89. The zero-order chi connectivity index (χ0) is 17.5. The molecule has 0 aliphatic carbocycles. The summed E-state index contributed by atoms with van der Waals surface area (Å²) in [5, 5.41) is 0.159. The van der Waals surface area contributed by atoms with Gasteiger partial charge >= 0.3 is 0 Å². The monoisotopic (exact) mass is 332 g/mol. The van der Waals surface area contributed by atoms with Crippen LogP contribution in [0.3, 0.4) is 0 Å². The van der Waals surface area contributed by atoms with Crippen molar-refractivity contribution >= 4 is 8.32 Å². The fourth-order valence-electron chi connectivity index (χ4n) is 2.19. The zero-order valence-electron chi connectivity index (χ0n) is 15.3. The summed E-state index contributed by atoms with van der Waals surface area (Å²) in [6.07, 6.45) is 4.33. The summed E-state index contributed by atoms with van der Waals surface area (Å²) in [5.74, 6) is 0. The molecule has 0 aromatic heterocycles. The van der Waals surface area contributed by atoms with E-state index in [9.17, 15) is 0 Å². The molecule has 0 N–H and O–H groups in total. The molecule has 0 spiro atoms. The van der Waals surface area contributed by atoms with Crippen LogP contribution in [0, 0.1) is 0 Å². The highest BCUT2D eigenvalue weighted by molar-refractivity contribution is 6.74. The molecule has 0 bridgehead atoms. The van der Waals surface area contributed by atoms with E-state index in [-0.39, 0.29) is 17.2 Å². The molecule has 1 aromatic carbocycles. The molecule has 1 aromatic rings. The van der Waals surface area contributed by atoms with E-state index in [0.29, 0.717) is 6.61 Å². The average Bonchev–Trinajstić information content (AvgIpc) is 2.47. The highest BCUT2D eigenvalue weighted by Crippen LogP contribution is 2.40. The van der Waals surface area contributed by atoms with E-state index >= 15 is 0 Å². The van der Waals surface area contributed by atoms with Gasteiger partial charge in [-0.2, -0.15) is 0 Å². The summed E-state index contributed by atoms with van der Waals surface area (Å²) < 4.78 is 12.7. The maximum absolute atomic E-state index is 6.66. The van der Waals surface area contributed by atoms with Gasteiger partial charge in [0.15, 0.2) is 8.32 Å². The van der Waals surface area contributed by atoms with Crippen molar-refractivity contribution in [3.63, 3.8) is 0 Å². The lowest BCUT2D eigenvalue weighted by Crippen LogP contribution is -2.45. The van der Waals surface area contributed by atoms with Crippen LogP contribution in [-0.2, 0) is 9.16 Å². The summed E-state index contributed by atoms with van der Waals surface area (Å²) in [6, 6.07) is 10.3. The molecule has 2 nitrogen and oxygen atoms in total. The first-order valence-electron chi connectivity index (χ1n) is 8.29. The number of rotatable bonds is 9. The molecule has 0 fully saturated rings. The Labute approximate surface area is 143 Å². The SMILES string of the molecule is C=CCO[C@H](c1ccccc1)[C@@H](CC=C)O[Si](C)(C)C(C)(C)C. The second kappa shape index (κ2) is 8.62. The summed E-state index contributed by atoms with van der Waals surface area (Å²) in [4.78, 5) is 0. The molecule has 0 heterocycles. The van der Waals surface area contributed by atoms with E-state index in [1.807, 2.05) is 24.3 Å². The van der Waals surface area contributed by atoms with Gasteiger partial charge < -0.3 is 9.16 Å². The molecule has 23 heavy (non-hydrogen) atoms. The third-order valence-electron chi connectivity index (χ3n) is 4.51. The fraction of sp³-hybridized carbons (Fsp3) is 0.500. The highest BCUT2D eigenvalue weighted by Gasteiger charge is 2.40. The summed E-state index contributed by atoms with van der Waals surface area (Å²) in [5.41, 5.74) is 1.14. The van der Waals surface area contributed by atoms with E-state index in [2.05, 4.69) is 59.2 Å². The van der Waals surface area contributed by atoms with E-state index in [0.717, 1.165) is 12.0 Å². The van der Waals surface area contributed by atoms with Crippen molar-refractivity contribution in [2.24, 2.45) is 0 Å². The maximum Gasteiger partial charge on any atom is 0.192 e. The molecule has 0 amide bonds. The fourth-order valence-corrected chi connectivity index (χ4v) is 3.52. The van der Waals surface area contributed by atoms with Crippen molar-refractivity contribution in [3.05, 3.63) is 61.2 Å². The molecular formula is C20H32O2Si. The van der Waals surface area contributed by atoms with Crippen LogP contribution in [-0.4, -0.2) is 21.0 Å². The summed E-state index contributed by atoms with van der Waals surface area (Å²) in [6.45, 7) is 19.5. The van der Waals surface area contributed by atoms with E-state index in [1.165, 1.54) is 0 Å². The van der Waals surface area contributed by atoms with Crippen molar-refractivity contribution < 1.29 is 9.16 Å². The Balaban J connectivity index is 3.10. The van der Waals surface area contributed by atoms with Crippen molar-refractivity contribution in [3.8, 4) is 0 Å². The third kappa shape index (κ3) is 5.76. The second-order valence-corrected chi connectivity index (χ2v) is 12.2. The predicted octanol–water partition coefficient (Wildman–Crippen LogP) is 5.90. The lowest BCUT2D eigenvalue weighted by Gasteiger charge is -2.41. The minimum absolute atomic E-state index is 0.0317. The Morgan fingerprint density at radius 1 is 1.09 bits per heavy atom. The van der Waals surface area contributed by atoms with Crippen LogP contribution >= 0.6 is 0 Å². The van der Waals surface area contributed by atoms with Crippen molar-refractivity contribution in [2.45, 2.75) is 57.5 Å². The highest BCUT2D eigenvalue weighted by atomic mass is 28.4. The Hall–Kier alpha value is -1.16. The standard InChI is InChI=1S/C20H32O2Si/c1-8-13-18(22-23(6,7)20(3,4)5)19(21-16-9-2)17-14-11-10-12-15-17/h8-12,14-15,18-19H,1-2,13,16H2,3-7H3/t18-,19-/m1/s1. The Bertz CT molecular complexity index is 488. The van der Waals surface area contributed by atoms with Gasteiger partial charge in [-0.25, -0.2) is 0 Å². The molecule has 1 rings (SSSR count). The van der Waals surface area contributed by atoms with Gasteiger partial charge in [-0.15, -0.1) is 13.2 Å². The number of hydrogen-bond acceptors (Lipinski definition) is 2. The van der Waals surface area contributed by atoms with Crippen molar-refractivity contribution in [1.82, 2.24) is 0 Å².